The van der Waals surface area contributed by atoms with Crippen LogP contribution in [0.3, 0.4) is 0 Å². The molecule has 1 aliphatic rings. The lowest BCUT2D eigenvalue weighted by Gasteiger charge is -2.31. The van der Waals surface area contributed by atoms with Crippen molar-refractivity contribution < 1.29 is 22.8 Å². The summed E-state index contributed by atoms with van der Waals surface area (Å²) in [6.07, 6.45) is -2.50. The molecule has 0 aromatic heterocycles. The maximum absolute atomic E-state index is 12.7. The number of amides is 2. The van der Waals surface area contributed by atoms with Gasteiger partial charge < -0.3 is 10.2 Å². The molecule has 7 heteroatoms. The predicted molar refractivity (Wildman–Crippen MR) is 105 cm³/mol. The molecule has 0 aliphatic carbocycles. The Morgan fingerprint density at radius 2 is 1.72 bits per heavy atom. The van der Waals surface area contributed by atoms with Gasteiger partial charge in [0.15, 0.2) is 0 Å². The van der Waals surface area contributed by atoms with Crippen LogP contribution in [0.15, 0.2) is 48.5 Å². The summed E-state index contributed by atoms with van der Waals surface area (Å²) in [7, 11) is 0. The second kappa shape index (κ2) is 8.68. The first-order chi connectivity index (χ1) is 13.8. The largest absolute Gasteiger partial charge is 0.416 e. The highest BCUT2D eigenvalue weighted by Crippen LogP contribution is 2.29. The van der Waals surface area contributed by atoms with E-state index in [2.05, 4.69) is 5.32 Å². The Morgan fingerprint density at radius 3 is 2.31 bits per heavy atom. The van der Waals surface area contributed by atoms with Gasteiger partial charge in [0, 0.05) is 30.3 Å². The maximum Gasteiger partial charge on any atom is 0.416 e. The highest BCUT2D eigenvalue weighted by molar-refractivity contribution is 5.95. The van der Waals surface area contributed by atoms with Crippen LogP contribution in [0.5, 0.6) is 0 Å². The maximum atomic E-state index is 12.7. The molecule has 3 rings (SSSR count). The molecular formula is C22H23F3N2O2. The van der Waals surface area contributed by atoms with Gasteiger partial charge in [-0.1, -0.05) is 19.1 Å². The Balaban J connectivity index is 1.55. The number of nitrogens with zero attached hydrogens (tertiary/aromatic N) is 1. The quantitative estimate of drug-likeness (QED) is 0.799. The van der Waals surface area contributed by atoms with Gasteiger partial charge in [0.1, 0.15) is 0 Å². The van der Waals surface area contributed by atoms with E-state index in [0.29, 0.717) is 25.9 Å². The Hall–Kier alpha value is -2.83. The molecule has 0 saturated carbocycles. The molecule has 2 aromatic rings. The third kappa shape index (κ3) is 5.16. The molecule has 0 radical (unpaired) electrons. The van der Waals surface area contributed by atoms with Crippen LogP contribution in [-0.2, 0) is 17.4 Å². The third-order valence-electron chi connectivity index (χ3n) is 5.21. The number of nitrogens with one attached hydrogen (secondary N) is 1. The third-order valence-corrected chi connectivity index (χ3v) is 5.21. The predicted octanol–water partition coefficient (Wildman–Crippen LogP) is 4.76. The molecule has 1 fully saturated rings. The summed E-state index contributed by atoms with van der Waals surface area (Å²) in [4.78, 5) is 26.7. The average Bonchev–Trinajstić information content (AvgIpc) is 2.73. The average molecular weight is 404 g/mol. The van der Waals surface area contributed by atoms with Crippen molar-refractivity contribution in [2.75, 3.05) is 18.4 Å². The standard InChI is InChI=1S/C22H23F3N2O2/c1-2-15-4-3-5-19(14-15)26-20(28)16-10-12-27(13-11-16)21(29)17-6-8-18(9-7-17)22(23,24)25/h3-9,14,16H,2,10-13H2,1H3,(H,26,28). The highest BCUT2D eigenvalue weighted by atomic mass is 19.4. The van der Waals surface area contributed by atoms with E-state index in [4.69, 9.17) is 0 Å². The minimum absolute atomic E-state index is 0.0696. The van der Waals surface area contributed by atoms with Crippen molar-refractivity contribution in [1.29, 1.82) is 0 Å². The number of rotatable bonds is 4. The number of hydrogen-bond acceptors (Lipinski definition) is 2. The van der Waals surface area contributed by atoms with Crippen LogP contribution < -0.4 is 5.32 Å². The number of benzene rings is 2. The fourth-order valence-electron chi connectivity index (χ4n) is 3.44. The molecule has 1 heterocycles. The van der Waals surface area contributed by atoms with E-state index in [1.165, 1.54) is 12.1 Å². The fourth-order valence-corrected chi connectivity index (χ4v) is 3.44. The van der Waals surface area contributed by atoms with Gasteiger partial charge in [0.25, 0.3) is 5.91 Å². The summed E-state index contributed by atoms with van der Waals surface area (Å²) in [5.74, 6) is -0.579. The van der Waals surface area contributed by atoms with Crippen molar-refractivity contribution in [3.63, 3.8) is 0 Å². The van der Waals surface area contributed by atoms with E-state index in [-0.39, 0.29) is 23.3 Å². The first kappa shape index (κ1) is 20.9. The molecule has 29 heavy (non-hydrogen) atoms. The second-order valence-corrected chi connectivity index (χ2v) is 7.18. The molecule has 0 spiro atoms. The van der Waals surface area contributed by atoms with Crippen LogP contribution in [0, 0.1) is 5.92 Å². The van der Waals surface area contributed by atoms with Crippen molar-refractivity contribution in [1.82, 2.24) is 4.90 Å². The number of hydrogen-bond donors (Lipinski definition) is 1. The molecular weight excluding hydrogens is 381 g/mol. The normalized spacial score (nSPS) is 15.2. The molecule has 0 bridgehead atoms. The summed E-state index contributed by atoms with van der Waals surface area (Å²) in [6, 6.07) is 11.9. The molecule has 1 N–H and O–H groups in total. The summed E-state index contributed by atoms with van der Waals surface area (Å²) in [5, 5.41) is 2.93. The van der Waals surface area contributed by atoms with Crippen LogP contribution in [0.25, 0.3) is 0 Å². The molecule has 0 atom stereocenters. The van der Waals surface area contributed by atoms with Gasteiger partial charge >= 0.3 is 6.18 Å². The Labute approximate surface area is 167 Å². The van der Waals surface area contributed by atoms with Gasteiger partial charge in [-0.25, -0.2) is 0 Å². The van der Waals surface area contributed by atoms with Crippen molar-refractivity contribution in [3.05, 3.63) is 65.2 Å². The number of piperidine rings is 1. The molecule has 2 aromatic carbocycles. The first-order valence-corrected chi connectivity index (χ1v) is 9.64. The second-order valence-electron chi connectivity index (χ2n) is 7.18. The molecule has 2 amide bonds. The van der Waals surface area contributed by atoms with Crippen LogP contribution >= 0.6 is 0 Å². The van der Waals surface area contributed by atoms with Gasteiger partial charge in [-0.05, 0) is 61.2 Å². The minimum atomic E-state index is -4.43. The van der Waals surface area contributed by atoms with Crippen molar-refractivity contribution >= 4 is 17.5 Å². The fraction of sp³-hybridized carbons (Fsp3) is 0.364. The lowest BCUT2D eigenvalue weighted by Crippen LogP contribution is -2.41. The zero-order valence-corrected chi connectivity index (χ0v) is 16.1. The summed E-state index contributed by atoms with van der Waals surface area (Å²) in [6.45, 7) is 2.84. The highest BCUT2D eigenvalue weighted by Gasteiger charge is 2.31. The van der Waals surface area contributed by atoms with E-state index in [1.807, 2.05) is 31.2 Å². The van der Waals surface area contributed by atoms with Crippen molar-refractivity contribution in [2.24, 2.45) is 5.92 Å². The molecule has 154 valence electrons. The smallest absolute Gasteiger partial charge is 0.339 e. The van der Waals surface area contributed by atoms with E-state index in [0.717, 1.165) is 29.8 Å². The van der Waals surface area contributed by atoms with Crippen molar-refractivity contribution in [3.8, 4) is 0 Å². The Kier molecular flexibility index (Phi) is 6.25. The molecule has 4 nitrogen and oxygen atoms in total. The number of alkyl halides is 3. The SMILES string of the molecule is CCc1cccc(NC(=O)C2CCN(C(=O)c3ccc(C(F)(F)F)cc3)CC2)c1. The number of carbonyl (C=O) groups is 2. The van der Waals surface area contributed by atoms with Gasteiger partial charge in [-0.3, -0.25) is 9.59 Å². The van der Waals surface area contributed by atoms with Gasteiger partial charge in [0.2, 0.25) is 5.91 Å². The number of aryl methyl sites for hydroxylation is 1. The number of anilines is 1. The molecule has 1 aliphatic heterocycles. The molecule has 0 unspecified atom stereocenters. The van der Waals surface area contributed by atoms with E-state index in [1.54, 1.807) is 4.90 Å². The number of carbonyl (C=O) groups excluding carboxylic acids is 2. The number of likely N-dealkylation sites (tertiary alicyclic amines) is 1. The minimum Gasteiger partial charge on any atom is -0.339 e. The van der Waals surface area contributed by atoms with E-state index in [9.17, 15) is 22.8 Å². The van der Waals surface area contributed by atoms with E-state index < -0.39 is 11.7 Å². The van der Waals surface area contributed by atoms with Crippen LogP contribution in [0.1, 0.15) is 41.3 Å². The van der Waals surface area contributed by atoms with Crippen LogP contribution in [-0.4, -0.2) is 29.8 Å². The van der Waals surface area contributed by atoms with Crippen LogP contribution in [0.2, 0.25) is 0 Å². The monoisotopic (exact) mass is 404 g/mol. The van der Waals surface area contributed by atoms with Gasteiger partial charge in [0.05, 0.1) is 5.56 Å². The lowest BCUT2D eigenvalue weighted by atomic mass is 9.95. The van der Waals surface area contributed by atoms with E-state index >= 15 is 0 Å². The number of halogens is 3. The van der Waals surface area contributed by atoms with Crippen LogP contribution in [0.4, 0.5) is 18.9 Å². The molecule has 1 saturated heterocycles. The Bertz CT molecular complexity index is 870. The first-order valence-electron chi connectivity index (χ1n) is 9.64. The lowest BCUT2D eigenvalue weighted by molar-refractivity contribution is -0.137. The Morgan fingerprint density at radius 1 is 1.07 bits per heavy atom. The van der Waals surface area contributed by atoms with Crippen molar-refractivity contribution in [2.45, 2.75) is 32.4 Å². The van der Waals surface area contributed by atoms with Gasteiger partial charge in [-0.2, -0.15) is 13.2 Å². The topological polar surface area (TPSA) is 49.4 Å². The summed E-state index contributed by atoms with van der Waals surface area (Å²) < 4.78 is 38.0. The summed E-state index contributed by atoms with van der Waals surface area (Å²) >= 11 is 0. The summed E-state index contributed by atoms with van der Waals surface area (Å²) in [5.41, 5.74) is 1.34. The zero-order chi connectivity index (χ0) is 21.0. The van der Waals surface area contributed by atoms with Gasteiger partial charge in [-0.15, -0.1) is 0 Å². The zero-order valence-electron chi connectivity index (χ0n) is 16.1.